The first-order valence-corrected chi connectivity index (χ1v) is 11.0. The van der Waals surface area contributed by atoms with Gasteiger partial charge in [-0.2, -0.15) is 0 Å². The number of ketones is 1. The van der Waals surface area contributed by atoms with Crippen LogP contribution in [0.1, 0.15) is 38.3 Å². The molecule has 1 amide bonds. The molecule has 2 aromatic carbocycles. The van der Waals surface area contributed by atoms with Crippen LogP contribution in [0.2, 0.25) is 0 Å². The van der Waals surface area contributed by atoms with Gasteiger partial charge in [0.15, 0.2) is 5.78 Å². The van der Waals surface area contributed by atoms with Crippen molar-refractivity contribution < 1.29 is 28.8 Å². The average Bonchev–Trinajstić information content (AvgIpc) is 2.99. The van der Waals surface area contributed by atoms with Crippen LogP contribution in [0.25, 0.3) is 0 Å². The summed E-state index contributed by atoms with van der Waals surface area (Å²) in [6, 6.07) is 11.9. The average molecular weight is 469 g/mol. The molecule has 180 valence electrons. The van der Waals surface area contributed by atoms with Gasteiger partial charge in [0.2, 0.25) is 11.3 Å². The smallest absolute Gasteiger partial charge is 0.329 e. The number of methoxy groups -OCH3 is 1. The molecular formula is C25H28N2O7. The molecule has 0 aromatic heterocycles. The number of rotatable bonds is 9. The molecule has 9 heteroatoms. The van der Waals surface area contributed by atoms with Gasteiger partial charge in [-0.3, -0.25) is 24.5 Å². The molecule has 1 aliphatic heterocycles. The van der Waals surface area contributed by atoms with Gasteiger partial charge in [0.1, 0.15) is 12.4 Å². The predicted molar refractivity (Wildman–Crippen MR) is 123 cm³/mol. The molecule has 1 aliphatic rings. The molecule has 0 N–H and O–H groups in total. The van der Waals surface area contributed by atoms with Gasteiger partial charge in [0, 0.05) is 18.7 Å². The third-order valence-corrected chi connectivity index (χ3v) is 5.99. The second-order valence-electron chi connectivity index (χ2n) is 8.92. The van der Waals surface area contributed by atoms with Crippen LogP contribution in [0.15, 0.2) is 48.5 Å². The lowest BCUT2D eigenvalue weighted by Crippen LogP contribution is -2.42. The maximum Gasteiger partial charge on any atom is 0.329 e. The van der Waals surface area contributed by atoms with E-state index in [1.165, 1.54) is 36.1 Å². The molecule has 0 saturated carbocycles. The Balaban J connectivity index is 1.80. The minimum absolute atomic E-state index is 0.0890. The van der Waals surface area contributed by atoms with Gasteiger partial charge in [-0.1, -0.05) is 26.0 Å². The zero-order valence-electron chi connectivity index (χ0n) is 19.6. The number of hydrogen-bond acceptors (Lipinski definition) is 7. The molecular weight excluding hydrogens is 440 g/mol. The van der Waals surface area contributed by atoms with Crippen LogP contribution in [0.4, 0.5) is 5.69 Å². The Kier molecular flexibility index (Phi) is 7.34. The summed E-state index contributed by atoms with van der Waals surface area (Å²) in [5.74, 6) is -1.20. The van der Waals surface area contributed by atoms with Gasteiger partial charge in [-0.25, -0.2) is 0 Å². The summed E-state index contributed by atoms with van der Waals surface area (Å²) in [6.07, 6.45) is 0.423. The minimum Gasteiger partial charge on any atom is -0.497 e. The molecule has 0 radical (unpaired) electrons. The first-order chi connectivity index (χ1) is 16.1. The van der Waals surface area contributed by atoms with Crippen molar-refractivity contribution in [1.82, 2.24) is 4.90 Å². The third kappa shape index (κ3) is 4.93. The second-order valence-corrected chi connectivity index (χ2v) is 8.92. The Morgan fingerprint density at radius 3 is 2.21 bits per heavy atom. The van der Waals surface area contributed by atoms with E-state index in [1.807, 2.05) is 26.0 Å². The van der Waals surface area contributed by atoms with Crippen molar-refractivity contribution in [2.75, 3.05) is 7.11 Å². The standard InChI is InChI=1S/C25H28N2O7/c1-16(2)13-21-22(28)25(3,23(29)26(21)14-17-7-11-20(33-4)12-8-17)24(30)34-15-18-5-9-19(10-6-18)27(31)32/h5-12,16,21H,13-15H2,1-4H3/t21-,25-/m0/s1. The largest absolute Gasteiger partial charge is 0.497 e. The summed E-state index contributed by atoms with van der Waals surface area (Å²) in [5.41, 5.74) is -0.727. The summed E-state index contributed by atoms with van der Waals surface area (Å²) < 4.78 is 10.5. The van der Waals surface area contributed by atoms with Crippen molar-refractivity contribution in [3.05, 3.63) is 69.8 Å². The number of Topliss-reactive ketones (excluding diaryl/α,β-unsaturated/α-hetero) is 1. The highest BCUT2D eigenvalue weighted by Gasteiger charge is 2.61. The van der Waals surface area contributed by atoms with Gasteiger partial charge in [0.05, 0.1) is 18.1 Å². The number of non-ortho nitro benzene ring substituents is 1. The zero-order chi connectivity index (χ0) is 25.0. The Morgan fingerprint density at radius 1 is 1.09 bits per heavy atom. The molecule has 0 aliphatic carbocycles. The Hall–Kier alpha value is -3.75. The highest BCUT2D eigenvalue weighted by Crippen LogP contribution is 2.38. The molecule has 1 heterocycles. The van der Waals surface area contributed by atoms with Gasteiger partial charge >= 0.3 is 5.97 Å². The Bertz CT molecular complexity index is 1080. The van der Waals surface area contributed by atoms with Crippen LogP contribution in [-0.2, 0) is 32.3 Å². The number of ether oxygens (including phenoxy) is 2. The van der Waals surface area contributed by atoms with Crippen LogP contribution in [-0.4, -0.2) is 40.6 Å². The van der Waals surface area contributed by atoms with E-state index in [4.69, 9.17) is 9.47 Å². The summed E-state index contributed by atoms with van der Waals surface area (Å²) in [5, 5.41) is 10.8. The minimum atomic E-state index is -1.95. The van der Waals surface area contributed by atoms with Crippen molar-refractivity contribution in [3.8, 4) is 5.75 Å². The van der Waals surface area contributed by atoms with E-state index >= 15 is 0 Å². The number of likely N-dealkylation sites (tertiary alicyclic amines) is 1. The van der Waals surface area contributed by atoms with E-state index < -0.39 is 34.0 Å². The molecule has 1 fully saturated rings. The highest BCUT2D eigenvalue weighted by atomic mass is 16.6. The van der Waals surface area contributed by atoms with Crippen LogP contribution < -0.4 is 4.74 Å². The molecule has 0 spiro atoms. The summed E-state index contributed by atoms with van der Waals surface area (Å²) in [6.45, 7) is 5.19. The fourth-order valence-electron chi connectivity index (χ4n) is 3.99. The first-order valence-electron chi connectivity index (χ1n) is 11.0. The number of hydrogen-bond donors (Lipinski definition) is 0. The third-order valence-electron chi connectivity index (χ3n) is 5.99. The second kappa shape index (κ2) is 10.0. The normalized spacial score (nSPS) is 20.0. The maximum atomic E-state index is 13.4. The summed E-state index contributed by atoms with van der Waals surface area (Å²) in [4.78, 5) is 51.6. The van der Waals surface area contributed by atoms with Gasteiger partial charge in [0.25, 0.3) is 5.69 Å². The van der Waals surface area contributed by atoms with Gasteiger partial charge < -0.3 is 14.4 Å². The van der Waals surface area contributed by atoms with E-state index in [1.54, 1.807) is 19.2 Å². The van der Waals surface area contributed by atoms with Crippen molar-refractivity contribution in [2.24, 2.45) is 11.3 Å². The SMILES string of the molecule is COc1ccc(CN2C(=O)[C@@](C)(C(=O)OCc3ccc([N+](=O)[O-])cc3)C(=O)[C@@H]2CC(C)C)cc1. The number of nitro benzene ring substituents is 1. The van der Waals surface area contributed by atoms with Crippen LogP contribution in [0.5, 0.6) is 5.75 Å². The lowest BCUT2D eigenvalue weighted by atomic mass is 9.84. The lowest BCUT2D eigenvalue weighted by molar-refractivity contribution is -0.384. The zero-order valence-corrected chi connectivity index (χ0v) is 19.6. The number of carbonyl (C=O) groups excluding carboxylic acids is 3. The van der Waals surface area contributed by atoms with Crippen molar-refractivity contribution >= 4 is 23.3 Å². The van der Waals surface area contributed by atoms with Crippen LogP contribution in [0, 0.1) is 21.4 Å². The Labute approximate surface area is 197 Å². The number of nitrogens with zero attached hydrogens (tertiary/aromatic N) is 2. The fraction of sp³-hybridized carbons (Fsp3) is 0.400. The Morgan fingerprint density at radius 2 is 1.68 bits per heavy atom. The highest BCUT2D eigenvalue weighted by molar-refractivity contribution is 6.26. The molecule has 2 atom stereocenters. The lowest BCUT2D eigenvalue weighted by Gasteiger charge is -2.25. The molecule has 3 rings (SSSR count). The topological polar surface area (TPSA) is 116 Å². The summed E-state index contributed by atoms with van der Waals surface area (Å²) in [7, 11) is 1.56. The quantitative estimate of drug-likeness (QED) is 0.239. The van der Waals surface area contributed by atoms with Crippen LogP contribution in [0.3, 0.4) is 0 Å². The summed E-state index contributed by atoms with van der Waals surface area (Å²) >= 11 is 0. The predicted octanol–water partition coefficient (Wildman–Crippen LogP) is 3.68. The number of carbonyl (C=O) groups is 3. The fourth-order valence-corrected chi connectivity index (χ4v) is 3.99. The van der Waals surface area contributed by atoms with E-state index in [9.17, 15) is 24.5 Å². The van der Waals surface area contributed by atoms with Gasteiger partial charge in [-0.05, 0) is 54.7 Å². The van der Waals surface area contributed by atoms with Crippen molar-refractivity contribution in [2.45, 2.75) is 46.4 Å². The number of amides is 1. The molecule has 34 heavy (non-hydrogen) atoms. The molecule has 9 nitrogen and oxygen atoms in total. The van der Waals surface area contributed by atoms with E-state index in [0.717, 1.165) is 5.56 Å². The molecule has 1 saturated heterocycles. The van der Waals surface area contributed by atoms with Crippen molar-refractivity contribution in [3.63, 3.8) is 0 Å². The van der Waals surface area contributed by atoms with E-state index in [2.05, 4.69) is 0 Å². The number of nitro groups is 1. The maximum absolute atomic E-state index is 13.4. The van der Waals surface area contributed by atoms with E-state index in [-0.39, 0.29) is 24.8 Å². The molecule has 2 aromatic rings. The number of benzene rings is 2. The number of esters is 1. The van der Waals surface area contributed by atoms with Gasteiger partial charge in [-0.15, -0.1) is 0 Å². The monoisotopic (exact) mass is 468 g/mol. The molecule has 0 unspecified atom stereocenters. The van der Waals surface area contributed by atoms with Crippen molar-refractivity contribution in [1.29, 1.82) is 0 Å². The van der Waals surface area contributed by atoms with E-state index in [0.29, 0.717) is 17.7 Å². The van der Waals surface area contributed by atoms with Crippen LogP contribution >= 0.6 is 0 Å². The first kappa shape index (κ1) is 24.9. The molecule has 0 bridgehead atoms.